The molecule has 3 rings (SSSR count). The van der Waals surface area contributed by atoms with Gasteiger partial charge in [-0.05, 0) is 41.3 Å². The minimum absolute atomic E-state index is 0.0969. The smallest absolute Gasteiger partial charge is 0.317 e. The number of halogens is 1. The van der Waals surface area contributed by atoms with E-state index in [0.29, 0.717) is 30.4 Å². The number of urea groups is 1. The van der Waals surface area contributed by atoms with Crippen LogP contribution >= 0.6 is 11.6 Å². The minimum atomic E-state index is -0.0969. The summed E-state index contributed by atoms with van der Waals surface area (Å²) in [7, 11) is 3.24. The molecule has 0 fully saturated rings. The molecule has 2 aromatic rings. The Kier molecular flexibility index (Phi) is 5.34. The van der Waals surface area contributed by atoms with E-state index in [0.717, 1.165) is 23.3 Å². The summed E-state index contributed by atoms with van der Waals surface area (Å²) < 4.78 is 10.7. The van der Waals surface area contributed by atoms with Crippen LogP contribution in [-0.4, -0.2) is 31.7 Å². The zero-order chi connectivity index (χ0) is 17.8. The van der Waals surface area contributed by atoms with Crippen LogP contribution in [0.25, 0.3) is 0 Å². The molecule has 6 heteroatoms. The van der Waals surface area contributed by atoms with E-state index in [2.05, 4.69) is 5.32 Å². The van der Waals surface area contributed by atoms with Crippen molar-refractivity contribution in [3.63, 3.8) is 0 Å². The molecular formula is C19H21ClN2O3. The van der Waals surface area contributed by atoms with Crippen molar-refractivity contribution in [2.75, 3.05) is 20.8 Å². The number of methoxy groups -OCH3 is 2. The zero-order valence-electron chi connectivity index (χ0n) is 14.3. The predicted octanol–water partition coefficient (Wildman–Crippen LogP) is 3.63. The van der Waals surface area contributed by atoms with Gasteiger partial charge in [-0.2, -0.15) is 0 Å². The van der Waals surface area contributed by atoms with Crippen molar-refractivity contribution < 1.29 is 14.3 Å². The Balaban J connectivity index is 1.67. The fourth-order valence-electron chi connectivity index (χ4n) is 2.98. The van der Waals surface area contributed by atoms with Gasteiger partial charge in [-0.15, -0.1) is 0 Å². The van der Waals surface area contributed by atoms with Crippen molar-refractivity contribution in [2.24, 2.45) is 0 Å². The van der Waals surface area contributed by atoms with Gasteiger partial charge in [0.1, 0.15) is 0 Å². The Hall–Kier alpha value is -2.40. The van der Waals surface area contributed by atoms with E-state index >= 15 is 0 Å². The van der Waals surface area contributed by atoms with Gasteiger partial charge in [0.2, 0.25) is 0 Å². The van der Waals surface area contributed by atoms with Gasteiger partial charge in [0.05, 0.1) is 14.2 Å². The van der Waals surface area contributed by atoms with E-state index in [1.807, 2.05) is 36.4 Å². The average Bonchev–Trinajstić information content (AvgIpc) is 2.65. The van der Waals surface area contributed by atoms with Crippen molar-refractivity contribution in [3.8, 4) is 11.5 Å². The number of fused-ring (bicyclic) bond motifs is 1. The largest absolute Gasteiger partial charge is 0.493 e. The van der Waals surface area contributed by atoms with E-state index in [-0.39, 0.29) is 6.03 Å². The SMILES string of the molecule is COc1cc2c(cc1OC)CN(C(=O)NCc1ccccc1Cl)CC2. The monoisotopic (exact) mass is 360 g/mol. The molecule has 0 aromatic heterocycles. The fraction of sp³-hybridized carbons (Fsp3) is 0.316. The summed E-state index contributed by atoms with van der Waals surface area (Å²) >= 11 is 6.13. The maximum atomic E-state index is 12.5. The number of amides is 2. The first-order chi connectivity index (χ1) is 12.1. The van der Waals surface area contributed by atoms with Gasteiger partial charge in [-0.3, -0.25) is 0 Å². The lowest BCUT2D eigenvalue weighted by molar-refractivity contribution is 0.191. The van der Waals surface area contributed by atoms with E-state index in [9.17, 15) is 4.79 Å². The Bertz CT molecular complexity index is 779. The second kappa shape index (κ2) is 7.66. The van der Waals surface area contributed by atoms with Crippen LogP contribution in [0.5, 0.6) is 11.5 Å². The van der Waals surface area contributed by atoms with Crippen LogP contribution in [0.15, 0.2) is 36.4 Å². The number of benzene rings is 2. The molecule has 0 saturated heterocycles. The molecule has 0 radical (unpaired) electrons. The van der Waals surface area contributed by atoms with Gasteiger partial charge in [-0.1, -0.05) is 29.8 Å². The maximum Gasteiger partial charge on any atom is 0.317 e. The van der Waals surface area contributed by atoms with Crippen LogP contribution in [0.4, 0.5) is 4.79 Å². The van der Waals surface area contributed by atoms with E-state index in [1.165, 1.54) is 5.56 Å². The third kappa shape index (κ3) is 3.82. The molecule has 0 unspecified atom stereocenters. The number of rotatable bonds is 4. The number of carbonyl (C=O) groups excluding carboxylic acids is 1. The normalized spacial score (nSPS) is 13.2. The second-order valence-corrected chi connectivity index (χ2v) is 6.30. The number of nitrogens with one attached hydrogen (secondary N) is 1. The highest BCUT2D eigenvalue weighted by Gasteiger charge is 2.22. The zero-order valence-corrected chi connectivity index (χ0v) is 15.1. The molecule has 2 aromatic carbocycles. The Morgan fingerprint density at radius 3 is 2.52 bits per heavy atom. The first-order valence-corrected chi connectivity index (χ1v) is 8.50. The van der Waals surface area contributed by atoms with Crippen LogP contribution in [0, 0.1) is 0 Å². The lowest BCUT2D eigenvalue weighted by Crippen LogP contribution is -2.42. The summed E-state index contributed by atoms with van der Waals surface area (Å²) in [6.45, 7) is 1.62. The van der Waals surface area contributed by atoms with Gasteiger partial charge < -0.3 is 19.7 Å². The molecule has 1 aliphatic rings. The highest BCUT2D eigenvalue weighted by Crippen LogP contribution is 2.33. The van der Waals surface area contributed by atoms with E-state index < -0.39 is 0 Å². The number of carbonyl (C=O) groups is 1. The standard InChI is InChI=1S/C19H21ClN2O3/c1-24-17-9-13-7-8-22(12-15(13)10-18(17)25-2)19(23)21-11-14-5-3-4-6-16(14)20/h3-6,9-10H,7-8,11-12H2,1-2H3,(H,21,23). The quantitative estimate of drug-likeness (QED) is 0.905. The minimum Gasteiger partial charge on any atom is -0.493 e. The Morgan fingerprint density at radius 1 is 1.16 bits per heavy atom. The molecule has 2 amide bonds. The van der Waals surface area contributed by atoms with Crippen LogP contribution in [0.1, 0.15) is 16.7 Å². The molecule has 0 bridgehead atoms. The first-order valence-electron chi connectivity index (χ1n) is 8.12. The van der Waals surface area contributed by atoms with Crippen LogP contribution < -0.4 is 14.8 Å². The summed E-state index contributed by atoms with van der Waals surface area (Å²) in [5.41, 5.74) is 3.17. The molecule has 1 heterocycles. The number of hydrogen-bond donors (Lipinski definition) is 1. The number of hydrogen-bond acceptors (Lipinski definition) is 3. The second-order valence-electron chi connectivity index (χ2n) is 5.90. The highest BCUT2D eigenvalue weighted by molar-refractivity contribution is 6.31. The molecule has 25 heavy (non-hydrogen) atoms. The van der Waals surface area contributed by atoms with Gasteiger partial charge in [0, 0.05) is 24.7 Å². The molecule has 1 N–H and O–H groups in total. The van der Waals surface area contributed by atoms with Crippen LogP contribution in [0.3, 0.4) is 0 Å². The molecule has 0 atom stereocenters. The Morgan fingerprint density at radius 2 is 1.84 bits per heavy atom. The molecular weight excluding hydrogens is 340 g/mol. The molecule has 0 aliphatic carbocycles. The highest BCUT2D eigenvalue weighted by atomic mass is 35.5. The first kappa shape index (κ1) is 17.4. The summed E-state index contributed by atoms with van der Waals surface area (Å²) in [5, 5.41) is 3.59. The number of ether oxygens (including phenoxy) is 2. The summed E-state index contributed by atoms with van der Waals surface area (Å²) in [6.07, 6.45) is 0.787. The van der Waals surface area contributed by atoms with Crippen molar-refractivity contribution in [1.82, 2.24) is 10.2 Å². The lowest BCUT2D eigenvalue weighted by atomic mass is 9.99. The predicted molar refractivity (Wildman–Crippen MR) is 97.3 cm³/mol. The van der Waals surface area contributed by atoms with Gasteiger partial charge in [-0.25, -0.2) is 4.79 Å². The summed E-state index contributed by atoms with van der Waals surface area (Å²) in [6, 6.07) is 11.3. The molecule has 1 aliphatic heterocycles. The lowest BCUT2D eigenvalue weighted by Gasteiger charge is -2.29. The maximum absolute atomic E-state index is 12.5. The Labute approximate surface area is 152 Å². The third-order valence-corrected chi connectivity index (χ3v) is 4.76. The van der Waals surface area contributed by atoms with Crippen molar-refractivity contribution in [3.05, 3.63) is 58.1 Å². The van der Waals surface area contributed by atoms with Crippen molar-refractivity contribution in [2.45, 2.75) is 19.5 Å². The summed E-state index contributed by atoms with van der Waals surface area (Å²) in [5.74, 6) is 1.40. The van der Waals surface area contributed by atoms with Gasteiger partial charge in [0.25, 0.3) is 0 Å². The van der Waals surface area contributed by atoms with Crippen molar-refractivity contribution >= 4 is 17.6 Å². The molecule has 0 spiro atoms. The average molecular weight is 361 g/mol. The van der Waals surface area contributed by atoms with E-state index in [1.54, 1.807) is 19.1 Å². The third-order valence-electron chi connectivity index (χ3n) is 4.39. The van der Waals surface area contributed by atoms with Crippen LogP contribution in [0.2, 0.25) is 5.02 Å². The van der Waals surface area contributed by atoms with Gasteiger partial charge in [0.15, 0.2) is 11.5 Å². The molecule has 132 valence electrons. The van der Waals surface area contributed by atoms with Crippen LogP contribution in [-0.2, 0) is 19.5 Å². The van der Waals surface area contributed by atoms with Crippen molar-refractivity contribution in [1.29, 1.82) is 0 Å². The number of nitrogens with zero attached hydrogens (tertiary/aromatic N) is 1. The molecule has 5 nitrogen and oxygen atoms in total. The fourth-order valence-corrected chi connectivity index (χ4v) is 3.18. The van der Waals surface area contributed by atoms with E-state index in [4.69, 9.17) is 21.1 Å². The van der Waals surface area contributed by atoms with Gasteiger partial charge >= 0.3 is 6.03 Å². The molecule has 0 saturated carbocycles. The topological polar surface area (TPSA) is 50.8 Å². The summed E-state index contributed by atoms with van der Waals surface area (Å²) in [4.78, 5) is 14.3.